The van der Waals surface area contributed by atoms with Crippen LogP contribution in [0, 0.1) is 10.4 Å². The van der Waals surface area contributed by atoms with Crippen LogP contribution in [0.4, 0.5) is 11.4 Å². The summed E-state index contributed by atoms with van der Waals surface area (Å²) in [5.41, 5.74) is -2.81. The van der Waals surface area contributed by atoms with Gasteiger partial charge < -0.3 is 15.2 Å². The van der Waals surface area contributed by atoms with Gasteiger partial charge in [-0.05, 0) is 112 Å². The molecule has 10 heteroatoms. The van der Waals surface area contributed by atoms with Crippen molar-refractivity contribution < 1.29 is 24.7 Å². The van der Waals surface area contributed by atoms with E-state index in [0.717, 1.165) is 10.1 Å². The molecule has 206 valence electrons. The summed E-state index contributed by atoms with van der Waals surface area (Å²) < 4.78 is 6.23. The zero-order chi connectivity index (χ0) is 29.0. The summed E-state index contributed by atoms with van der Waals surface area (Å²) >= 11 is 0. The van der Waals surface area contributed by atoms with Crippen molar-refractivity contribution >= 4 is 23.2 Å². The minimum absolute atomic E-state index is 0.0225. The van der Waals surface area contributed by atoms with Crippen LogP contribution in [-0.4, -0.2) is 43.8 Å². The molecule has 38 heavy (non-hydrogen) atoms. The number of hydrogen-bond donors (Lipinski definition) is 0. The average Bonchev–Trinajstić information content (AvgIpc) is 2.93. The summed E-state index contributed by atoms with van der Waals surface area (Å²) in [5.74, 6) is -0.620. The largest absolute Gasteiger partial charge is 0.715 e. The predicted octanol–water partition coefficient (Wildman–Crippen LogP) is 5.43. The fourth-order valence-corrected chi connectivity index (χ4v) is 3.90. The number of carbonyl (C=O) groups excluding carboxylic acids is 1. The smallest absolute Gasteiger partial charge is 0.343 e. The third kappa shape index (κ3) is 5.16. The van der Waals surface area contributed by atoms with E-state index in [-0.39, 0.29) is 28.5 Å². The van der Waals surface area contributed by atoms with Gasteiger partial charge in [0.25, 0.3) is 5.84 Å². The van der Waals surface area contributed by atoms with E-state index < -0.39 is 28.1 Å². The minimum Gasteiger partial charge on any atom is -0.715 e. The maximum atomic E-state index is 13.1. The van der Waals surface area contributed by atoms with Crippen LogP contribution in [0.3, 0.4) is 0 Å². The van der Waals surface area contributed by atoms with Crippen LogP contribution >= 0.6 is 0 Å². The molecule has 3 rings (SSSR count). The number of nitrogens with zero attached hydrogens (tertiary/aromatic N) is 4. The highest BCUT2D eigenvalue weighted by molar-refractivity contribution is 5.97. The Labute approximate surface area is 224 Å². The van der Waals surface area contributed by atoms with Gasteiger partial charge in [-0.1, -0.05) is 10.4 Å². The van der Waals surface area contributed by atoms with Gasteiger partial charge in [-0.2, -0.15) is 0 Å². The zero-order valence-electron chi connectivity index (χ0n) is 23.8. The van der Waals surface area contributed by atoms with Gasteiger partial charge in [0.15, 0.2) is 0 Å². The van der Waals surface area contributed by atoms with Crippen LogP contribution in [0.2, 0.25) is 0 Å². The van der Waals surface area contributed by atoms with Crippen LogP contribution in [0.25, 0.3) is 0 Å². The number of esters is 1. The summed E-state index contributed by atoms with van der Waals surface area (Å²) in [6, 6.07) is 10.3. The Morgan fingerprint density at radius 1 is 0.868 bits per heavy atom. The van der Waals surface area contributed by atoms with Gasteiger partial charge in [0, 0.05) is 0 Å². The van der Waals surface area contributed by atoms with Gasteiger partial charge in [-0.15, -0.1) is 0 Å². The summed E-state index contributed by atoms with van der Waals surface area (Å²) in [6.07, 6.45) is 0. The van der Waals surface area contributed by atoms with Gasteiger partial charge in [0.2, 0.25) is 0 Å². The van der Waals surface area contributed by atoms with Crippen LogP contribution in [0.5, 0.6) is 5.75 Å². The normalized spacial score (nSPS) is 17.0. The van der Waals surface area contributed by atoms with Crippen LogP contribution in [0.1, 0.15) is 85.2 Å². The lowest BCUT2D eigenvalue weighted by Gasteiger charge is -2.39. The van der Waals surface area contributed by atoms with E-state index >= 15 is 0 Å². The molecule has 0 atom stereocenters. The van der Waals surface area contributed by atoms with E-state index in [2.05, 4.69) is 0 Å². The number of hydrogen-bond acceptors (Lipinski definition) is 7. The highest BCUT2D eigenvalue weighted by Gasteiger charge is 2.54. The molecule has 10 nitrogen and oxygen atoms in total. The molecule has 0 unspecified atom stereocenters. The molecule has 0 fully saturated rings. The monoisotopic (exact) mass is 525 g/mol. The molecular formula is C28H37N4O6-. The highest BCUT2D eigenvalue weighted by Crippen LogP contribution is 2.38. The first-order valence-corrected chi connectivity index (χ1v) is 12.4. The van der Waals surface area contributed by atoms with Gasteiger partial charge in [-0.3, -0.25) is 9.80 Å². The molecule has 0 aromatic heterocycles. The fourth-order valence-electron chi connectivity index (χ4n) is 3.90. The van der Waals surface area contributed by atoms with E-state index in [0.29, 0.717) is 15.4 Å². The number of rotatable bonds is 5. The van der Waals surface area contributed by atoms with Crippen molar-refractivity contribution in [3.63, 3.8) is 0 Å². The highest BCUT2D eigenvalue weighted by atomic mass is 16.5. The molecule has 2 aromatic carbocycles. The Kier molecular flexibility index (Phi) is 7.26. The molecule has 2 aromatic rings. The summed E-state index contributed by atoms with van der Waals surface area (Å²) in [5, 5.41) is 53.8. The second-order valence-corrected chi connectivity index (χ2v) is 12.6. The number of hydroxylamine groups is 5. The second-order valence-electron chi connectivity index (χ2n) is 12.6. The SMILES string of the molecule is CC(C)(C)N([O])c1cc(C(=O)Oc2ccc(C3=[N+]([O-])C(C)(C)C(C)(C)N3[O-])cc2)cc(N([O])C(C)(C)C)c1. The summed E-state index contributed by atoms with van der Waals surface area (Å²) in [4.78, 5) is 13.1. The van der Waals surface area contributed by atoms with Crippen molar-refractivity contribution in [2.24, 2.45) is 0 Å². The number of benzene rings is 2. The molecule has 0 amide bonds. The maximum Gasteiger partial charge on any atom is 0.343 e. The van der Waals surface area contributed by atoms with Gasteiger partial charge in [-0.25, -0.2) is 14.9 Å². The van der Waals surface area contributed by atoms with Crippen molar-refractivity contribution in [1.29, 1.82) is 0 Å². The lowest BCUT2D eigenvalue weighted by Crippen LogP contribution is -2.52. The molecule has 0 saturated carbocycles. The lowest BCUT2D eigenvalue weighted by atomic mass is 9.84. The molecule has 1 heterocycles. The molecule has 0 bridgehead atoms. The number of amidine groups is 1. The molecule has 2 radical (unpaired) electrons. The van der Waals surface area contributed by atoms with Crippen LogP contribution in [0.15, 0.2) is 42.5 Å². The Hall–Kier alpha value is -3.34. The van der Waals surface area contributed by atoms with Gasteiger partial charge in [0.05, 0.1) is 33.6 Å². The molecule has 1 aliphatic heterocycles. The topological polar surface area (TPSA) is 125 Å². The van der Waals surface area contributed by atoms with E-state index in [9.17, 15) is 25.6 Å². The molecule has 1 aliphatic rings. The zero-order valence-corrected chi connectivity index (χ0v) is 23.8. The minimum atomic E-state index is -0.955. The predicted molar refractivity (Wildman–Crippen MR) is 145 cm³/mol. The van der Waals surface area contributed by atoms with E-state index in [1.807, 2.05) is 0 Å². The van der Waals surface area contributed by atoms with Crippen molar-refractivity contribution in [2.75, 3.05) is 10.1 Å². The van der Waals surface area contributed by atoms with Crippen molar-refractivity contribution in [1.82, 2.24) is 5.06 Å². The van der Waals surface area contributed by atoms with Crippen molar-refractivity contribution in [3.8, 4) is 5.75 Å². The molecule has 0 N–H and O–H groups in total. The van der Waals surface area contributed by atoms with Crippen molar-refractivity contribution in [3.05, 3.63) is 64.0 Å². The molecule has 0 aliphatic carbocycles. The number of carbonyl (C=O) groups is 1. The quantitative estimate of drug-likeness (QED) is 0.167. The first-order valence-electron chi connectivity index (χ1n) is 12.4. The Balaban J connectivity index is 1.93. The third-order valence-electron chi connectivity index (χ3n) is 7.05. The van der Waals surface area contributed by atoms with Crippen LogP contribution in [-0.2, 0) is 10.4 Å². The Bertz CT molecular complexity index is 1200. The summed E-state index contributed by atoms with van der Waals surface area (Å²) in [7, 11) is 0. The first kappa shape index (κ1) is 29.2. The maximum absolute atomic E-state index is 13.1. The third-order valence-corrected chi connectivity index (χ3v) is 7.05. The van der Waals surface area contributed by atoms with Crippen molar-refractivity contribution in [2.45, 2.75) is 91.4 Å². The Morgan fingerprint density at radius 3 is 1.68 bits per heavy atom. The molecular weight excluding hydrogens is 488 g/mol. The van der Waals surface area contributed by atoms with Crippen LogP contribution < -0.4 is 14.9 Å². The second kappa shape index (κ2) is 9.44. The molecule has 0 saturated heterocycles. The lowest BCUT2D eigenvalue weighted by molar-refractivity contribution is -0.539. The van der Waals surface area contributed by atoms with Gasteiger partial charge in [0.1, 0.15) is 16.8 Å². The van der Waals surface area contributed by atoms with E-state index in [1.54, 1.807) is 69.2 Å². The fraction of sp³-hybridized carbons (Fsp3) is 0.500. The standard InChI is InChI=1S/C28H37N4O6/c1-25(2,3)29(34)20-15-19(16-21(17-20)30(35)26(4,5)6)24(33)38-22-13-11-18(12-14-22)23-31(36)27(7,8)28(9,10)32(23)37/h11-17H,1-10H3/q-1. The number of ether oxygens (including phenoxy) is 1. The van der Waals surface area contributed by atoms with Gasteiger partial charge >= 0.3 is 5.97 Å². The number of anilines is 2. The van der Waals surface area contributed by atoms with E-state index in [1.165, 1.54) is 42.5 Å². The average molecular weight is 526 g/mol. The molecule has 0 spiro atoms. The summed E-state index contributed by atoms with van der Waals surface area (Å²) in [6.45, 7) is 17.2. The first-order chi connectivity index (χ1) is 17.2. The Morgan fingerprint density at radius 2 is 1.32 bits per heavy atom. The van der Waals surface area contributed by atoms with E-state index in [4.69, 9.17) is 4.74 Å².